The fourth-order valence-electron chi connectivity index (χ4n) is 5.05. The second-order valence-electron chi connectivity index (χ2n) is 9.19. The van der Waals surface area contributed by atoms with Crippen molar-refractivity contribution in [3.63, 3.8) is 0 Å². The van der Waals surface area contributed by atoms with Crippen LogP contribution in [-0.4, -0.2) is 48.6 Å². The predicted molar refractivity (Wildman–Crippen MR) is 121 cm³/mol. The number of piperidine rings is 1. The number of halogens is 3. The van der Waals surface area contributed by atoms with E-state index in [-0.39, 0.29) is 30.5 Å². The van der Waals surface area contributed by atoms with Crippen molar-refractivity contribution in [2.24, 2.45) is 0 Å². The molecule has 0 bridgehead atoms. The third-order valence-electron chi connectivity index (χ3n) is 6.52. The molecule has 0 radical (unpaired) electrons. The molecule has 3 atom stereocenters. The summed E-state index contributed by atoms with van der Waals surface area (Å²) in [6, 6.07) is 16.1. The summed E-state index contributed by atoms with van der Waals surface area (Å²) in [6.07, 6.45) is -2.06. The van der Waals surface area contributed by atoms with Gasteiger partial charge in [0.1, 0.15) is 17.6 Å². The Morgan fingerprint density at radius 2 is 2.00 bits per heavy atom. The van der Waals surface area contributed by atoms with Gasteiger partial charge in [-0.25, -0.2) is 0 Å². The van der Waals surface area contributed by atoms with Crippen LogP contribution in [0.4, 0.5) is 13.2 Å². The molecule has 2 aromatic carbocycles. The number of Topliss-reactive ketones (excluding diaryl/α,β-unsaturated/α-hetero) is 1. The van der Waals surface area contributed by atoms with Crippen molar-refractivity contribution in [3.8, 4) is 5.75 Å². The summed E-state index contributed by atoms with van der Waals surface area (Å²) in [5.41, 5.74) is 3.33. The van der Waals surface area contributed by atoms with Crippen LogP contribution in [0.25, 0.3) is 0 Å². The third-order valence-corrected chi connectivity index (χ3v) is 6.52. The van der Waals surface area contributed by atoms with Gasteiger partial charge in [-0.05, 0) is 61.6 Å². The Hall–Kier alpha value is -2.38. The zero-order valence-electron chi connectivity index (χ0n) is 18.9. The number of alkyl halides is 3. The fourth-order valence-corrected chi connectivity index (χ4v) is 5.05. The number of carbonyl (C=O) groups excluding carboxylic acids is 1. The van der Waals surface area contributed by atoms with Gasteiger partial charge in [-0.15, -0.1) is 0 Å². The SMILES string of the molecule is CC(=O)Cc1cccc(O[C@H]2c3ccccc3C[C@@H]2N2CCC[C@@H](NCCC(F)(F)F)C2)c1. The normalized spacial score (nSPS) is 23.3. The first-order valence-electron chi connectivity index (χ1n) is 11.7. The van der Waals surface area contributed by atoms with Crippen molar-refractivity contribution in [2.75, 3.05) is 19.6 Å². The van der Waals surface area contributed by atoms with Gasteiger partial charge in [0.2, 0.25) is 0 Å². The van der Waals surface area contributed by atoms with Crippen LogP contribution >= 0.6 is 0 Å². The molecule has 1 saturated heterocycles. The summed E-state index contributed by atoms with van der Waals surface area (Å²) < 4.78 is 44.2. The lowest BCUT2D eigenvalue weighted by atomic mass is 10.0. The molecule has 0 amide bonds. The number of carbonyl (C=O) groups is 1. The van der Waals surface area contributed by atoms with E-state index in [2.05, 4.69) is 22.3 Å². The van der Waals surface area contributed by atoms with Gasteiger partial charge in [-0.3, -0.25) is 9.69 Å². The Morgan fingerprint density at radius 1 is 1.18 bits per heavy atom. The third kappa shape index (κ3) is 6.36. The summed E-state index contributed by atoms with van der Waals surface area (Å²) >= 11 is 0. The van der Waals surface area contributed by atoms with E-state index in [1.54, 1.807) is 6.92 Å². The second kappa shape index (κ2) is 10.3. The van der Waals surface area contributed by atoms with Crippen LogP contribution in [0, 0.1) is 0 Å². The molecule has 178 valence electrons. The number of hydrogen-bond acceptors (Lipinski definition) is 4. The zero-order chi connectivity index (χ0) is 23.4. The van der Waals surface area contributed by atoms with Crippen molar-refractivity contribution in [1.82, 2.24) is 10.2 Å². The number of ketones is 1. The highest BCUT2D eigenvalue weighted by atomic mass is 19.4. The average molecular weight is 461 g/mol. The Morgan fingerprint density at radius 3 is 2.79 bits per heavy atom. The molecule has 0 unspecified atom stereocenters. The summed E-state index contributed by atoms with van der Waals surface area (Å²) in [7, 11) is 0. The molecule has 2 aromatic rings. The van der Waals surface area contributed by atoms with Gasteiger partial charge in [-0.2, -0.15) is 13.2 Å². The Kier molecular flexibility index (Phi) is 7.39. The molecule has 1 heterocycles. The van der Waals surface area contributed by atoms with E-state index in [0.29, 0.717) is 13.0 Å². The van der Waals surface area contributed by atoms with E-state index in [1.165, 1.54) is 5.56 Å². The van der Waals surface area contributed by atoms with Gasteiger partial charge in [-0.1, -0.05) is 36.4 Å². The standard InChI is InChI=1S/C26H31F3N2O2/c1-18(32)14-19-6-4-9-22(15-19)33-25-23-10-3-2-7-20(23)16-24(25)31-13-5-8-21(17-31)30-12-11-26(27,28)29/h2-4,6-7,9-10,15,21,24-25,30H,5,8,11-14,16-17H2,1H3/t21-,24+,25+/m1/s1. The molecular weight excluding hydrogens is 429 g/mol. The summed E-state index contributed by atoms with van der Waals surface area (Å²) in [6.45, 7) is 3.14. The Labute approximate surface area is 193 Å². The molecule has 7 heteroatoms. The van der Waals surface area contributed by atoms with E-state index in [9.17, 15) is 18.0 Å². The van der Waals surface area contributed by atoms with Crippen LogP contribution in [0.5, 0.6) is 5.75 Å². The lowest BCUT2D eigenvalue weighted by Crippen LogP contribution is -2.51. The largest absolute Gasteiger partial charge is 0.484 e. The maximum atomic E-state index is 12.6. The van der Waals surface area contributed by atoms with Gasteiger partial charge >= 0.3 is 6.18 Å². The minimum absolute atomic E-state index is 0.0457. The molecule has 33 heavy (non-hydrogen) atoms. The van der Waals surface area contributed by atoms with Gasteiger partial charge in [0, 0.05) is 25.6 Å². The topological polar surface area (TPSA) is 41.6 Å². The van der Waals surface area contributed by atoms with Gasteiger partial charge < -0.3 is 10.1 Å². The lowest BCUT2D eigenvalue weighted by molar-refractivity contribution is -0.133. The molecule has 2 aliphatic rings. The minimum Gasteiger partial charge on any atom is -0.484 e. The van der Waals surface area contributed by atoms with E-state index < -0.39 is 12.6 Å². The van der Waals surface area contributed by atoms with E-state index in [0.717, 1.165) is 42.7 Å². The molecule has 1 aliphatic heterocycles. The molecule has 1 aliphatic carbocycles. The number of hydrogen-bond donors (Lipinski definition) is 1. The van der Waals surface area contributed by atoms with E-state index in [1.807, 2.05) is 36.4 Å². The zero-order valence-corrected chi connectivity index (χ0v) is 18.9. The van der Waals surface area contributed by atoms with Crippen molar-refractivity contribution < 1.29 is 22.7 Å². The quantitative estimate of drug-likeness (QED) is 0.610. The first-order valence-corrected chi connectivity index (χ1v) is 11.7. The molecule has 1 N–H and O–H groups in total. The molecular formula is C26H31F3N2O2. The van der Waals surface area contributed by atoms with Crippen LogP contribution < -0.4 is 10.1 Å². The summed E-state index contributed by atoms with van der Waals surface area (Å²) in [4.78, 5) is 13.9. The van der Waals surface area contributed by atoms with Crippen LogP contribution in [0.1, 0.15) is 49.0 Å². The molecule has 4 nitrogen and oxygen atoms in total. The smallest absolute Gasteiger partial charge is 0.390 e. The van der Waals surface area contributed by atoms with Gasteiger partial charge in [0.05, 0.1) is 12.5 Å². The van der Waals surface area contributed by atoms with Crippen LogP contribution in [0.15, 0.2) is 48.5 Å². The molecule has 0 spiro atoms. The highest BCUT2D eigenvalue weighted by Gasteiger charge is 2.39. The number of fused-ring (bicyclic) bond motifs is 1. The Bertz CT molecular complexity index is 963. The minimum atomic E-state index is -4.13. The number of rotatable bonds is 8. The summed E-state index contributed by atoms with van der Waals surface area (Å²) in [5.74, 6) is 0.839. The van der Waals surface area contributed by atoms with Crippen LogP contribution in [0.3, 0.4) is 0 Å². The first-order chi connectivity index (χ1) is 15.8. The number of ether oxygens (including phenoxy) is 1. The van der Waals surface area contributed by atoms with Crippen molar-refractivity contribution >= 4 is 5.78 Å². The molecule has 4 rings (SSSR count). The summed E-state index contributed by atoms with van der Waals surface area (Å²) in [5, 5.41) is 3.11. The van der Waals surface area contributed by atoms with Crippen LogP contribution in [0.2, 0.25) is 0 Å². The maximum absolute atomic E-state index is 12.6. The maximum Gasteiger partial charge on any atom is 0.390 e. The average Bonchev–Trinajstić information content (AvgIpc) is 3.11. The highest BCUT2D eigenvalue weighted by Crippen LogP contribution is 2.39. The predicted octanol–water partition coefficient (Wildman–Crippen LogP) is 4.87. The Balaban J connectivity index is 1.48. The number of nitrogens with one attached hydrogen (secondary N) is 1. The number of benzene rings is 2. The number of likely N-dealkylation sites (tertiary alicyclic amines) is 1. The molecule has 1 fully saturated rings. The lowest BCUT2D eigenvalue weighted by Gasteiger charge is -2.39. The highest BCUT2D eigenvalue weighted by molar-refractivity contribution is 5.78. The van der Waals surface area contributed by atoms with Crippen molar-refractivity contribution in [2.45, 2.75) is 63.4 Å². The van der Waals surface area contributed by atoms with E-state index >= 15 is 0 Å². The number of nitrogens with zero attached hydrogens (tertiary/aromatic N) is 1. The van der Waals surface area contributed by atoms with E-state index in [4.69, 9.17) is 4.74 Å². The monoisotopic (exact) mass is 460 g/mol. The first kappa shape index (κ1) is 23.8. The molecule has 0 aromatic heterocycles. The van der Waals surface area contributed by atoms with Crippen LogP contribution in [-0.2, 0) is 17.6 Å². The van der Waals surface area contributed by atoms with Gasteiger partial charge in [0.25, 0.3) is 0 Å². The van der Waals surface area contributed by atoms with Gasteiger partial charge in [0.15, 0.2) is 0 Å². The second-order valence-corrected chi connectivity index (χ2v) is 9.19. The van der Waals surface area contributed by atoms with Crippen molar-refractivity contribution in [3.05, 3.63) is 65.2 Å². The molecule has 0 saturated carbocycles. The van der Waals surface area contributed by atoms with Crippen molar-refractivity contribution in [1.29, 1.82) is 0 Å². The fraction of sp³-hybridized carbons (Fsp3) is 0.500.